The number of cyclic esters (lactones) is 1. The van der Waals surface area contributed by atoms with Crippen LogP contribution in [-0.4, -0.2) is 196 Å². The molecule has 2 bridgehead atoms. The number of fused-ring (bicyclic) bond motifs is 7. The second-order valence-electron chi connectivity index (χ2n) is 31.2. The van der Waals surface area contributed by atoms with E-state index < -0.39 is 159 Å². The number of ether oxygens (including phenoxy) is 5. The van der Waals surface area contributed by atoms with Gasteiger partial charge >= 0.3 is 18.0 Å². The molecule has 7 aliphatic rings. The molecule has 5 fully saturated rings. The zero-order valence-electron chi connectivity index (χ0n) is 61.1. The summed E-state index contributed by atoms with van der Waals surface area (Å²) in [6, 6.07) is -1.05. The minimum Gasteiger partial charge on any atom is -0.481 e. The molecule has 0 aromatic carbocycles. The van der Waals surface area contributed by atoms with Crippen LogP contribution < -0.4 is 10.6 Å². The molecule has 3 saturated carbocycles. The van der Waals surface area contributed by atoms with E-state index in [9.17, 15) is 75.7 Å². The molecule has 568 valence electrons. The minimum atomic E-state index is -2.39. The van der Waals surface area contributed by atoms with Gasteiger partial charge < -0.3 is 95.6 Å². The Kier molecular flexibility index (Phi) is 31.2. The van der Waals surface area contributed by atoms with Crippen molar-refractivity contribution in [1.82, 2.24) is 10.6 Å². The zero-order chi connectivity index (χ0) is 74.1. The van der Waals surface area contributed by atoms with Crippen molar-refractivity contribution in [2.45, 2.75) is 275 Å². The maximum atomic E-state index is 13.4. The minimum absolute atomic E-state index is 0.113. The van der Waals surface area contributed by atoms with Crippen LogP contribution >= 0.6 is 0 Å². The van der Waals surface area contributed by atoms with Gasteiger partial charge in [-0.1, -0.05) is 176 Å². The molecule has 0 spiro atoms. The van der Waals surface area contributed by atoms with Gasteiger partial charge in [-0.3, -0.25) is 9.59 Å². The predicted molar refractivity (Wildman–Crippen MR) is 382 cm³/mol. The fraction of sp³-hybridized carbons (Fsp3) is 0.709. The van der Waals surface area contributed by atoms with Crippen molar-refractivity contribution in [3.63, 3.8) is 0 Å². The summed E-state index contributed by atoms with van der Waals surface area (Å²) in [6.07, 6.45) is 17.4. The number of rotatable bonds is 13. The second kappa shape index (κ2) is 37.8. The third kappa shape index (κ3) is 22.8. The molecule has 1 amide bonds. The van der Waals surface area contributed by atoms with Gasteiger partial charge in [0, 0.05) is 56.9 Å². The Morgan fingerprint density at radius 2 is 1.32 bits per heavy atom. The first-order chi connectivity index (χ1) is 47.7. The molecule has 0 radical (unpaired) electrons. The molecular weight excluding hydrogens is 1300 g/mol. The quantitative estimate of drug-likeness (QED) is 0.0358. The highest BCUT2D eigenvalue weighted by atomic mass is 16.7. The van der Waals surface area contributed by atoms with Crippen molar-refractivity contribution in [2.24, 2.45) is 64.1 Å². The van der Waals surface area contributed by atoms with E-state index in [4.69, 9.17) is 23.7 Å². The molecule has 3 aliphatic heterocycles. The molecule has 0 aromatic heterocycles. The summed E-state index contributed by atoms with van der Waals surface area (Å²) in [5.74, 6) is -5.58. The van der Waals surface area contributed by atoms with E-state index in [0.717, 1.165) is 18.4 Å². The lowest BCUT2D eigenvalue weighted by atomic mass is 9.50. The number of hydrogen-bond acceptors (Lipinski definition) is 20. The third-order valence-corrected chi connectivity index (χ3v) is 23.3. The number of alkyl carbamates (subject to hydrolysis) is 1. The van der Waals surface area contributed by atoms with Crippen LogP contribution in [0, 0.1) is 64.1 Å². The van der Waals surface area contributed by atoms with Gasteiger partial charge in [0.2, 0.25) is 5.79 Å². The first-order valence-electron chi connectivity index (χ1n) is 37.1. The van der Waals surface area contributed by atoms with Crippen LogP contribution in [0.25, 0.3) is 0 Å². The normalized spacial score (nSPS) is 41.3. The van der Waals surface area contributed by atoms with Crippen molar-refractivity contribution < 1.29 is 99.3 Å². The van der Waals surface area contributed by atoms with Gasteiger partial charge in [0.15, 0.2) is 12.1 Å². The Morgan fingerprint density at radius 1 is 0.663 bits per heavy atom. The number of esters is 1. The number of carboxylic acid groups (broad SMARTS) is 1. The Labute approximate surface area is 598 Å². The monoisotopic (exact) mass is 1420 g/mol. The highest BCUT2D eigenvalue weighted by molar-refractivity contribution is 5.72. The summed E-state index contributed by atoms with van der Waals surface area (Å²) in [6.45, 7) is 21.2. The van der Waals surface area contributed by atoms with Crippen molar-refractivity contribution in [3.05, 3.63) is 121 Å². The molecule has 0 unspecified atom stereocenters. The Hall–Kier alpha value is -4.99. The second-order valence-corrected chi connectivity index (χ2v) is 31.2. The van der Waals surface area contributed by atoms with Crippen molar-refractivity contribution >= 4 is 18.0 Å². The summed E-state index contributed by atoms with van der Waals surface area (Å²) >= 11 is 0. The number of amides is 1. The third-order valence-electron chi connectivity index (χ3n) is 23.3. The van der Waals surface area contributed by atoms with Gasteiger partial charge in [0.05, 0.1) is 79.6 Å². The lowest BCUT2D eigenvalue weighted by Crippen LogP contribution is -2.63. The van der Waals surface area contributed by atoms with Crippen molar-refractivity contribution in [2.75, 3.05) is 13.1 Å². The molecule has 22 nitrogen and oxygen atoms in total. The fourth-order valence-electron chi connectivity index (χ4n) is 16.6. The van der Waals surface area contributed by atoms with E-state index in [2.05, 4.69) is 76.5 Å². The molecule has 14 N–H and O–H groups in total. The van der Waals surface area contributed by atoms with Crippen LogP contribution in [0.3, 0.4) is 0 Å². The summed E-state index contributed by atoms with van der Waals surface area (Å²) in [7, 11) is 0. The van der Waals surface area contributed by atoms with Crippen LogP contribution in [0.5, 0.6) is 0 Å². The fourth-order valence-corrected chi connectivity index (χ4v) is 16.6. The molecule has 2 saturated heterocycles. The molecule has 7 rings (SSSR count). The van der Waals surface area contributed by atoms with Gasteiger partial charge in [0.25, 0.3) is 0 Å². The van der Waals surface area contributed by atoms with E-state index in [0.29, 0.717) is 54.8 Å². The highest BCUT2D eigenvalue weighted by Crippen LogP contribution is 2.66. The van der Waals surface area contributed by atoms with Crippen LogP contribution in [0.2, 0.25) is 0 Å². The smallest absolute Gasteiger partial charge is 0.409 e. The number of carbonyl (C=O) groups is 3. The lowest BCUT2D eigenvalue weighted by Gasteiger charge is -2.56. The molecule has 3 heterocycles. The van der Waals surface area contributed by atoms with Crippen LogP contribution in [-0.2, 0) is 33.3 Å². The highest BCUT2D eigenvalue weighted by Gasteiger charge is 2.59. The Morgan fingerprint density at radius 3 is 1.97 bits per heavy atom. The van der Waals surface area contributed by atoms with Crippen LogP contribution in [0.4, 0.5) is 4.79 Å². The molecule has 27 atom stereocenters. The molecule has 4 aliphatic carbocycles. The van der Waals surface area contributed by atoms with E-state index in [1.54, 1.807) is 81.0 Å². The number of aliphatic hydroxyl groups excluding tert-OH is 9. The van der Waals surface area contributed by atoms with Crippen LogP contribution in [0.15, 0.2) is 121 Å². The van der Waals surface area contributed by atoms with Crippen molar-refractivity contribution in [1.29, 1.82) is 0 Å². The lowest BCUT2D eigenvalue weighted by molar-refractivity contribution is -0.309. The summed E-state index contributed by atoms with van der Waals surface area (Å²) in [4.78, 5) is 39.1. The summed E-state index contributed by atoms with van der Waals surface area (Å²) < 4.78 is 29.9. The number of hydrogen-bond donors (Lipinski definition) is 14. The first kappa shape index (κ1) is 83.3. The largest absolute Gasteiger partial charge is 0.481 e. The SMILES string of the molecule is CC(C)[C@@H](C)/C=C/[C@@H](C)[C@H]1CC[C@H]2C3=CC=C4C[C@@](O)(OC(=O)NCCCN[C@@H]5[C@H](O)[C@H](O[C@H]6C=CC=CC=CC=CC=CC=CC=C[C@H](C)[C@@H](O)[C@@H](C)[C@H](C)OC(=O)C[C@H](O)C[C@H](O)CC[C@@H](O)[C@H](O)C[C@H](O)C[C@]7(O)C[C@H](O)[C@@H](C(=O)O)[C@H](C6)O7)O[C@H](C)[C@H]5O)CC[C@]4(C)[C@H]3CC[C@]12C. The number of carbonyl (C=O) groups excluding carboxylic acids is 2. The van der Waals surface area contributed by atoms with Gasteiger partial charge in [-0.25, -0.2) is 4.79 Å². The topological polar surface area (TPSA) is 364 Å². The Bertz CT molecular complexity index is 2990. The molecule has 0 aromatic rings. The molecule has 22 heteroatoms. The van der Waals surface area contributed by atoms with E-state index in [1.807, 2.05) is 31.2 Å². The first-order valence-corrected chi connectivity index (χ1v) is 37.1. The molecule has 101 heavy (non-hydrogen) atoms. The number of allylic oxidation sites excluding steroid dienone is 17. The number of aliphatic carboxylic acids is 1. The van der Waals surface area contributed by atoms with E-state index >= 15 is 0 Å². The van der Waals surface area contributed by atoms with E-state index in [1.165, 1.54) is 18.9 Å². The summed E-state index contributed by atoms with van der Waals surface area (Å²) in [5, 5.41) is 140. The van der Waals surface area contributed by atoms with Gasteiger partial charge in [-0.2, -0.15) is 0 Å². The zero-order valence-corrected chi connectivity index (χ0v) is 61.1. The predicted octanol–water partition coefficient (Wildman–Crippen LogP) is 8.13. The maximum Gasteiger partial charge on any atom is 0.409 e. The average Bonchev–Trinajstić information content (AvgIpc) is 1.69. The number of aliphatic hydroxyl groups is 11. The standard InChI is InChI=1S/C79H122N2O20/c1-47(2)48(3)26-27-49(4)60-31-32-61-59-30-28-54-44-78(95,37-36-76(54,9)62(59)34-35-77(60,61)10)101-75(94)81-39-23-38-80-69-71(90)53(8)98-74(72(69)91)99-58-25-22-20-18-16-14-12-11-13-15-17-19-21-24-50(5)70(89)51(6)52(7)97-67(88)42-56(83)40-55(82)29-33-63(85)64(86)41-57(84)45-79(96)46-65(87)68(73(92)93)66(43-58)100-79/h11-22,24-28,30,47-53,55-58,60-66,68-72,74,80,82-87,89-91,95-96H,23,29,31-46H2,1-10H3,(H,81,94)(H,92,93)/b12-11?,15-13?,16-14?,19-17?,20-18?,24-21?,25-22?,27-26+/t48-,49+,50-,51-,52-,53+,55+,56+,57-,58-,60+,61-,62-,63+,64+,65-,66-,68+,69-,70+,71+,72-,74-,76-,77+,78-,79+/m0/s1. The van der Waals surface area contributed by atoms with Crippen LogP contribution in [0.1, 0.15) is 172 Å². The van der Waals surface area contributed by atoms with E-state index in [-0.39, 0.29) is 61.9 Å². The number of nitrogens with one attached hydrogen (secondary N) is 2. The Balaban J connectivity index is 0.985. The van der Waals surface area contributed by atoms with Gasteiger partial charge in [-0.05, 0) is 125 Å². The molecular formula is C79H122N2O20. The van der Waals surface area contributed by atoms with Gasteiger partial charge in [-0.15, -0.1) is 0 Å². The van der Waals surface area contributed by atoms with Gasteiger partial charge in [0.1, 0.15) is 18.1 Å². The van der Waals surface area contributed by atoms with Crippen molar-refractivity contribution in [3.8, 4) is 0 Å². The average molecular weight is 1420 g/mol. The number of carboxylic acids is 1. The maximum absolute atomic E-state index is 13.4. The summed E-state index contributed by atoms with van der Waals surface area (Å²) in [5.41, 5.74) is 2.72.